The van der Waals surface area contributed by atoms with Crippen molar-refractivity contribution in [1.29, 1.82) is 0 Å². The zero-order valence-corrected chi connectivity index (χ0v) is 20.7. The lowest BCUT2D eigenvalue weighted by Gasteiger charge is -2.36. The van der Waals surface area contributed by atoms with E-state index in [1.54, 1.807) is 17.0 Å². The summed E-state index contributed by atoms with van der Waals surface area (Å²) in [6, 6.07) is 7.71. The first-order valence-corrected chi connectivity index (χ1v) is 12.0. The summed E-state index contributed by atoms with van der Waals surface area (Å²) in [7, 11) is 1.36. The number of piperazine rings is 1. The van der Waals surface area contributed by atoms with E-state index in [4.69, 9.17) is 0 Å². The maximum absolute atomic E-state index is 13.7. The van der Waals surface area contributed by atoms with Crippen molar-refractivity contribution >= 4 is 28.5 Å². The molecule has 1 aliphatic rings. The molecule has 4 rings (SSSR count). The summed E-state index contributed by atoms with van der Waals surface area (Å²) >= 11 is 0. The first kappa shape index (κ1) is 28.2. The van der Waals surface area contributed by atoms with Gasteiger partial charge in [-0.25, -0.2) is 9.78 Å². The summed E-state index contributed by atoms with van der Waals surface area (Å²) < 4.78 is 80.4. The highest BCUT2D eigenvalue weighted by Crippen LogP contribution is 2.33. The van der Waals surface area contributed by atoms with Crippen LogP contribution in [0.15, 0.2) is 41.2 Å². The molecule has 0 bridgehead atoms. The monoisotopic (exact) mass is 557 g/mol. The smallest absolute Gasteiger partial charge is 0.416 e. The molecule has 0 unspecified atom stereocenters. The molecule has 1 aromatic heterocycles. The van der Waals surface area contributed by atoms with Gasteiger partial charge in [-0.1, -0.05) is 12.1 Å². The minimum atomic E-state index is -4.73. The minimum absolute atomic E-state index is 0.00894. The summed E-state index contributed by atoms with van der Waals surface area (Å²) in [5.74, 6) is -1.03. The van der Waals surface area contributed by atoms with Crippen molar-refractivity contribution in [2.75, 3.05) is 49.5 Å². The van der Waals surface area contributed by atoms with Gasteiger partial charge in [0.1, 0.15) is 0 Å². The van der Waals surface area contributed by atoms with Crippen molar-refractivity contribution in [3.05, 3.63) is 63.4 Å². The molecule has 1 aliphatic heterocycles. The fourth-order valence-corrected chi connectivity index (χ4v) is 4.59. The largest absolute Gasteiger partial charge is 0.478 e. The van der Waals surface area contributed by atoms with Crippen molar-refractivity contribution in [3.63, 3.8) is 0 Å². The van der Waals surface area contributed by atoms with Crippen LogP contribution in [0.4, 0.5) is 38.0 Å². The number of aromatic nitrogens is 2. The predicted molar refractivity (Wildman–Crippen MR) is 132 cm³/mol. The van der Waals surface area contributed by atoms with Crippen LogP contribution in [0.3, 0.4) is 0 Å². The van der Waals surface area contributed by atoms with Gasteiger partial charge in [0.2, 0.25) is 5.95 Å². The van der Waals surface area contributed by atoms with E-state index in [9.17, 15) is 41.0 Å². The molecule has 2 N–H and O–H groups in total. The van der Waals surface area contributed by atoms with Gasteiger partial charge in [0.15, 0.2) is 0 Å². The third-order valence-electron chi connectivity index (χ3n) is 6.49. The number of halogens is 6. The molecule has 0 saturated carbocycles. The number of anilines is 2. The summed E-state index contributed by atoms with van der Waals surface area (Å²) in [6.45, 7) is -0.590. The highest BCUT2D eigenvalue weighted by atomic mass is 19.4. The standard InChI is InChI=1S/C25H25F6N5O3/c1-34-21(37)18-13-16(25(29,30)31)12-15(6-7-32-19-5-3-2-4-17(19)22(38)39)20(18)33-23(34)36-10-8-35(9-11-36)14-24(26,27)28/h2-5,12-13,32H,6-11,14H2,1H3,(H,38,39). The highest BCUT2D eigenvalue weighted by Gasteiger charge is 2.34. The Morgan fingerprint density at radius 3 is 2.33 bits per heavy atom. The number of nitrogens with one attached hydrogen (secondary N) is 1. The quantitative estimate of drug-likeness (QED) is 0.425. The average Bonchev–Trinajstić information content (AvgIpc) is 2.85. The fourth-order valence-electron chi connectivity index (χ4n) is 4.59. The molecule has 0 atom stereocenters. The molecule has 3 aromatic rings. The van der Waals surface area contributed by atoms with Crippen molar-refractivity contribution in [1.82, 2.24) is 14.5 Å². The zero-order valence-electron chi connectivity index (χ0n) is 20.7. The molecule has 0 amide bonds. The van der Waals surface area contributed by atoms with Crippen LogP contribution in [0.2, 0.25) is 0 Å². The van der Waals surface area contributed by atoms with Gasteiger partial charge in [-0.2, -0.15) is 26.3 Å². The first-order chi connectivity index (χ1) is 18.2. The lowest BCUT2D eigenvalue weighted by atomic mass is 10.0. The molecule has 8 nitrogen and oxygen atoms in total. The summed E-state index contributed by atoms with van der Waals surface area (Å²) in [5.41, 5.74) is -1.30. The van der Waals surface area contributed by atoms with E-state index in [1.807, 2.05) is 0 Å². The van der Waals surface area contributed by atoms with Crippen LogP contribution in [0, 0.1) is 0 Å². The molecular formula is C25H25F6N5O3. The Morgan fingerprint density at radius 1 is 1.05 bits per heavy atom. The third kappa shape index (κ3) is 6.44. The van der Waals surface area contributed by atoms with E-state index >= 15 is 0 Å². The number of fused-ring (bicyclic) bond motifs is 1. The Labute approximate surface area is 218 Å². The topological polar surface area (TPSA) is 90.7 Å². The molecule has 2 heterocycles. The SMILES string of the molecule is Cn1c(N2CCN(CC(F)(F)F)CC2)nc2c(CCNc3ccccc3C(=O)O)cc(C(F)(F)F)cc2c1=O. The van der Waals surface area contributed by atoms with Gasteiger partial charge in [0.25, 0.3) is 5.56 Å². The minimum Gasteiger partial charge on any atom is -0.478 e. The van der Waals surface area contributed by atoms with E-state index in [-0.39, 0.29) is 72.8 Å². The van der Waals surface area contributed by atoms with Crippen molar-refractivity contribution in [2.24, 2.45) is 7.05 Å². The third-order valence-corrected chi connectivity index (χ3v) is 6.49. The maximum atomic E-state index is 13.7. The van der Waals surface area contributed by atoms with E-state index in [1.165, 1.54) is 24.1 Å². The molecule has 0 radical (unpaired) electrons. The van der Waals surface area contributed by atoms with Gasteiger partial charge in [0.05, 0.1) is 28.6 Å². The van der Waals surface area contributed by atoms with Gasteiger partial charge >= 0.3 is 18.3 Å². The van der Waals surface area contributed by atoms with E-state index in [2.05, 4.69) is 10.3 Å². The van der Waals surface area contributed by atoms with Crippen LogP contribution < -0.4 is 15.8 Å². The molecule has 14 heteroatoms. The van der Waals surface area contributed by atoms with Gasteiger partial charge in [0, 0.05) is 45.5 Å². The number of nitrogens with zero attached hydrogens (tertiary/aromatic N) is 4. The Balaban J connectivity index is 1.67. The normalized spacial score (nSPS) is 15.1. The second-order valence-electron chi connectivity index (χ2n) is 9.21. The summed E-state index contributed by atoms with van der Waals surface area (Å²) in [4.78, 5) is 32.0. The van der Waals surface area contributed by atoms with E-state index in [0.717, 1.165) is 16.7 Å². The van der Waals surface area contributed by atoms with Gasteiger partial charge < -0.3 is 15.3 Å². The lowest BCUT2D eigenvalue weighted by Crippen LogP contribution is -2.50. The number of benzene rings is 2. The first-order valence-electron chi connectivity index (χ1n) is 12.0. The second kappa shape index (κ2) is 10.8. The number of hydrogen-bond acceptors (Lipinski definition) is 6. The Morgan fingerprint density at radius 2 is 1.72 bits per heavy atom. The molecule has 1 fully saturated rings. The zero-order chi connectivity index (χ0) is 28.5. The lowest BCUT2D eigenvalue weighted by molar-refractivity contribution is -0.146. The van der Waals surface area contributed by atoms with Crippen LogP contribution >= 0.6 is 0 Å². The fraction of sp³-hybridized carbons (Fsp3) is 0.400. The number of para-hydroxylation sites is 1. The Bertz CT molecular complexity index is 1430. The van der Waals surface area contributed by atoms with Crippen molar-refractivity contribution in [2.45, 2.75) is 18.8 Å². The number of carboxylic acids is 1. The van der Waals surface area contributed by atoms with Crippen molar-refractivity contribution in [3.8, 4) is 0 Å². The van der Waals surface area contributed by atoms with Gasteiger partial charge in [-0.05, 0) is 36.2 Å². The Kier molecular flexibility index (Phi) is 7.77. The molecule has 0 aliphatic carbocycles. The number of carbonyl (C=O) groups is 1. The summed E-state index contributed by atoms with van der Waals surface area (Å²) in [6.07, 6.45) is -9.10. The number of rotatable bonds is 7. The second-order valence-corrected chi connectivity index (χ2v) is 9.21. The van der Waals surface area contributed by atoms with Crippen LogP contribution in [0.1, 0.15) is 21.5 Å². The van der Waals surface area contributed by atoms with Gasteiger partial charge in [-0.15, -0.1) is 0 Å². The predicted octanol–water partition coefficient (Wildman–Crippen LogP) is 3.99. The number of hydrogen-bond donors (Lipinski definition) is 2. The molecule has 210 valence electrons. The number of alkyl halides is 6. The average molecular weight is 557 g/mol. The van der Waals surface area contributed by atoms with E-state index in [0.29, 0.717) is 0 Å². The number of aromatic carboxylic acids is 1. The van der Waals surface area contributed by atoms with Gasteiger partial charge in [-0.3, -0.25) is 14.3 Å². The molecular weight excluding hydrogens is 532 g/mol. The van der Waals surface area contributed by atoms with E-state index < -0.39 is 36.0 Å². The maximum Gasteiger partial charge on any atom is 0.416 e. The van der Waals surface area contributed by atoms with Crippen LogP contribution in [-0.4, -0.2) is 71.0 Å². The number of carboxylic acid groups (broad SMARTS) is 1. The highest BCUT2D eigenvalue weighted by molar-refractivity contribution is 5.94. The summed E-state index contributed by atoms with van der Waals surface area (Å²) in [5, 5.41) is 12.0. The van der Waals surface area contributed by atoms with Crippen LogP contribution in [0.5, 0.6) is 0 Å². The Hall–Kier alpha value is -3.81. The molecule has 39 heavy (non-hydrogen) atoms. The van der Waals surface area contributed by atoms with Crippen LogP contribution in [-0.2, 0) is 19.6 Å². The van der Waals surface area contributed by atoms with Crippen LogP contribution in [0.25, 0.3) is 10.9 Å². The molecule has 1 saturated heterocycles. The van der Waals surface area contributed by atoms with Crippen molar-refractivity contribution < 1.29 is 36.2 Å². The molecule has 2 aromatic carbocycles. The molecule has 0 spiro atoms.